The van der Waals surface area contributed by atoms with Gasteiger partial charge in [0.05, 0.1) is 16.9 Å². The first kappa shape index (κ1) is 35.2. The highest BCUT2D eigenvalue weighted by molar-refractivity contribution is 7.97. The number of likely N-dealkylation sites (tertiary alicyclic amines) is 1. The molecule has 15 heteroatoms. The molecule has 2 fully saturated rings. The summed E-state index contributed by atoms with van der Waals surface area (Å²) in [7, 11) is -5.70. The Labute approximate surface area is 280 Å². The molecule has 2 aromatic carbocycles. The standard InChI is InChI=1S/C31H42ClN4O7PS2/c1-35-29(34-24-17-23(32)28(18-27(24)45-35)46(42,43)33-19-21-10-4-2-5-11-21)14-6-3-9-15-44(40,41)20-30(37)36-25-13-8-7-12-22(25)16-26(36)31(38)39/h2,4-5,10-11,17-18,22,25-26,29,33-34H,3,6-9,12-16,19-20H2,1H3,(H,38,39)(H,40,41)/t22-,25-,26+,29?/m1/s1. The second kappa shape index (κ2) is 15.0. The number of carbonyl (C=O) groups excluding carboxylic acids is 1. The normalized spacial score (nSPS) is 24.5. The van der Waals surface area contributed by atoms with Gasteiger partial charge in [0.2, 0.25) is 23.3 Å². The minimum absolute atomic E-state index is 0.00903. The summed E-state index contributed by atoms with van der Waals surface area (Å²) in [5, 5.41) is 13.2. The van der Waals surface area contributed by atoms with Crippen molar-refractivity contribution >= 4 is 58.5 Å². The first-order chi connectivity index (χ1) is 21.8. The van der Waals surface area contributed by atoms with Crippen LogP contribution in [0.15, 0.2) is 52.3 Å². The third-order valence-corrected chi connectivity index (χ3v) is 13.9. The molecule has 2 aliphatic heterocycles. The van der Waals surface area contributed by atoms with Crippen molar-refractivity contribution in [1.29, 1.82) is 0 Å². The van der Waals surface area contributed by atoms with Gasteiger partial charge in [0.15, 0.2) is 0 Å². The van der Waals surface area contributed by atoms with Crippen LogP contribution in [0.3, 0.4) is 0 Å². The van der Waals surface area contributed by atoms with Crippen LogP contribution in [0.2, 0.25) is 5.02 Å². The summed E-state index contributed by atoms with van der Waals surface area (Å²) < 4.78 is 43.7. The minimum atomic E-state index is -3.85. The number of unbranched alkanes of at least 4 members (excludes halogenated alkanes) is 2. The van der Waals surface area contributed by atoms with Gasteiger partial charge >= 0.3 is 5.97 Å². The van der Waals surface area contributed by atoms with Crippen LogP contribution < -0.4 is 10.0 Å². The maximum Gasteiger partial charge on any atom is 0.326 e. The number of anilines is 1. The Kier molecular flexibility index (Phi) is 11.5. The lowest BCUT2D eigenvalue weighted by atomic mass is 9.85. The number of carbonyl (C=O) groups is 2. The molecular weight excluding hydrogens is 671 g/mol. The molecule has 0 radical (unpaired) electrons. The van der Waals surface area contributed by atoms with E-state index in [1.807, 2.05) is 41.7 Å². The highest BCUT2D eigenvalue weighted by atomic mass is 35.5. The largest absolute Gasteiger partial charge is 0.480 e. The molecule has 0 bridgehead atoms. The Morgan fingerprint density at radius 1 is 1.13 bits per heavy atom. The van der Waals surface area contributed by atoms with Crippen LogP contribution in [-0.2, 0) is 30.7 Å². The fourth-order valence-corrected chi connectivity index (χ4v) is 10.9. The number of nitrogens with zero attached hydrogens (tertiary/aromatic N) is 2. The number of halogens is 1. The lowest BCUT2D eigenvalue weighted by Crippen LogP contribution is -2.47. The molecule has 11 nitrogen and oxygen atoms in total. The van der Waals surface area contributed by atoms with E-state index >= 15 is 0 Å². The molecule has 1 saturated heterocycles. The molecular formula is C31H42ClN4O7PS2. The Hall–Kier alpha value is -2.12. The topological polar surface area (TPSA) is 156 Å². The number of nitrogens with one attached hydrogen (secondary N) is 2. The summed E-state index contributed by atoms with van der Waals surface area (Å²) in [6.45, 7) is 0.149. The van der Waals surface area contributed by atoms with Crippen LogP contribution >= 0.6 is 30.9 Å². The smallest absolute Gasteiger partial charge is 0.326 e. The summed E-state index contributed by atoms with van der Waals surface area (Å²) in [4.78, 5) is 37.8. The molecule has 0 aromatic heterocycles. The molecule has 1 aliphatic carbocycles. The van der Waals surface area contributed by atoms with Crippen molar-refractivity contribution in [3.05, 3.63) is 53.1 Å². The molecule has 2 aromatic rings. The number of carboxylic acid groups (broad SMARTS) is 1. The number of amides is 1. The van der Waals surface area contributed by atoms with Crippen LogP contribution in [0.25, 0.3) is 0 Å². The van der Waals surface area contributed by atoms with Gasteiger partial charge in [-0.3, -0.25) is 9.36 Å². The summed E-state index contributed by atoms with van der Waals surface area (Å²) in [5.41, 5.74) is 1.57. The maximum absolute atomic E-state index is 13.1. The van der Waals surface area contributed by atoms with E-state index in [0.29, 0.717) is 19.3 Å². The predicted molar refractivity (Wildman–Crippen MR) is 180 cm³/mol. The van der Waals surface area contributed by atoms with Gasteiger partial charge in [-0.1, -0.05) is 67.6 Å². The number of aliphatic carboxylic acids is 1. The first-order valence-corrected chi connectivity index (χ1v) is 20.4. The van der Waals surface area contributed by atoms with Crippen LogP contribution in [0.5, 0.6) is 0 Å². The van der Waals surface area contributed by atoms with Gasteiger partial charge in [0.1, 0.15) is 17.1 Å². The quantitative estimate of drug-likeness (QED) is 0.117. The second-order valence-corrected chi connectivity index (χ2v) is 18.3. The van der Waals surface area contributed by atoms with E-state index in [0.717, 1.165) is 54.7 Å². The fourth-order valence-electron chi connectivity index (χ4n) is 6.81. The SMILES string of the molecule is CN1Sc2cc(S(=O)(=O)NCc3ccccc3)c(Cl)cc2NC1CCCCCP(=O)(O)CC(=O)N1[C@@H]2CCCC[C@@H]2C[C@H]1C(=O)O. The molecule has 2 heterocycles. The Morgan fingerprint density at radius 3 is 2.61 bits per heavy atom. The number of carboxylic acids is 1. The highest BCUT2D eigenvalue weighted by Gasteiger charge is 2.48. The molecule has 2 unspecified atom stereocenters. The summed E-state index contributed by atoms with van der Waals surface area (Å²) in [6.07, 6.45) is 6.09. The van der Waals surface area contributed by atoms with Gasteiger partial charge in [0.25, 0.3) is 0 Å². The zero-order valence-electron chi connectivity index (χ0n) is 25.8. The van der Waals surface area contributed by atoms with Gasteiger partial charge in [-0.2, -0.15) is 0 Å². The molecule has 3 aliphatic rings. The zero-order chi connectivity index (χ0) is 33.1. The average molecular weight is 713 g/mol. The Bertz CT molecular complexity index is 1580. The Morgan fingerprint density at radius 2 is 1.87 bits per heavy atom. The summed E-state index contributed by atoms with van der Waals surface area (Å²) >= 11 is 7.87. The summed E-state index contributed by atoms with van der Waals surface area (Å²) in [5.74, 6) is -1.40. The molecule has 1 amide bonds. The number of fused-ring (bicyclic) bond motifs is 2. The number of benzene rings is 2. The van der Waals surface area contributed by atoms with Gasteiger partial charge in [-0.15, -0.1) is 0 Å². The van der Waals surface area contributed by atoms with E-state index in [1.165, 1.54) is 16.8 Å². The van der Waals surface area contributed by atoms with Crippen LogP contribution in [-0.4, -0.2) is 77.1 Å². The van der Waals surface area contributed by atoms with E-state index in [-0.39, 0.29) is 40.8 Å². The van der Waals surface area contributed by atoms with Crippen molar-refractivity contribution in [2.45, 2.75) is 92.4 Å². The number of hydrogen-bond acceptors (Lipinski definition) is 8. The fraction of sp³-hybridized carbons (Fsp3) is 0.548. The van der Waals surface area contributed by atoms with Crippen molar-refractivity contribution in [2.24, 2.45) is 5.92 Å². The molecule has 0 spiro atoms. The van der Waals surface area contributed by atoms with Crippen molar-refractivity contribution < 1.29 is 32.6 Å². The van der Waals surface area contributed by atoms with Crippen molar-refractivity contribution in [3.8, 4) is 0 Å². The molecule has 252 valence electrons. The molecule has 1 saturated carbocycles. The second-order valence-electron chi connectivity index (χ2n) is 12.5. The molecule has 5 rings (SSSR count). The van der Waals surface area contributed by atoms with E-state index in [2.05, 4.69) is 10.0 Å². The summed E-state index contributed by atoms with van der Waals surface area (Å²) in [6, 6.07) is 11.4. The monoisotopic (exact) mass is 712 g/mol. The number of hydrogen-bond donors (Lipinski definition) is 4. The van der Waals surface area contributed by atoms with Gasteiger partial charge in [-0.25, -0.2) is 22.2 Å². The van der Waals surface area contributed by atoms with Gasteiger partial charge in [0, 0.05) is 23.6 Å². The third kappa shape index (κ3) is 8.47. The van der Waals surface area contributed by atoms with Crippen molar-refractivity contribution in [3.63, 3.8) is 0 Å². The average Bonchev–Trinajstić information content (AvgIpc) is 3.41. The highest BCUT2D eigenvalue weighted by Crippen LogP contribution is 2.46. The van der Waals surface area contributed by atoms with Gasteiger partial charge in [-0.05, 0) is 74.7 Å². The van der Waals surface area contributed by atoms with E-state index in [1.54, 1.807) is 12.1 Å². The van der Waals surface area contributed by atoms with Crippen LogP contribution in [0.1, 0.15) is 63.4 Å². The lowest BCUT2D eigenvalue weighted by Gasteiger charge is -2.35. The lowest BCUT2D eigenvalue weighted by molar-refractivity contribution is -0.148. The number of rotatable bonds is 13. The van der Waals surface area contributed by atoms with E-state index < -0.39 is 41.5 Å². The Balaban J connectivity index is 1.09. The van der Waals surface area contributed by atoms with Crippen molar-refractivity contribution in [2.75, 3.05) is 24.7 Å². The predicted octanol–water partition coefficient (Wildman–Crippen LogP) is 5.58. The zero-order valence-corrected chi connectivity index (χ0v) is 29.1. The maximum atomic E-state index is 13.1. The van der Waals surface area contributed by atoms with E-state index in [4.69, 9.17) is 11.6 Å². The van der Waals surface area contributed by atoms with Crippen molar-refractivity contribution in [1.82, 2.24) is 13.9 Å². The number of sulfonamides is 1. The van der Waals surface area contributed by atoms with E-state index in [9.17, 15) is 32.6 Å². The van der Waals surface area contributed by atoms with Gasteiger partial charge < -0.3 is 20.2 Å². The first-order valence-electron chi connectivity index (χ1n) is 15.7. The minimum Gasteiger partial charge on any atom is -0.480 e. The molecule has 4 N–H and O–H groups in total. The van der Waals surface area contributed by atoms with Crippen LogP contribution in [0, 0.1) is 5.92 Å². The third-order valence-electron chi connectivity index (χ3n) is 9.16. The molecule has 5 atom stereocenters. The molecule has 46 heavy (non-hydrogen) atoms. The van der Waals surface area contributed by atoms with Crippen LogP contribution in [0.4, 0.5) is 5.69 Å².